The van der Waals surface area contributed by atoms with Gasteiger partial charge >= 0.3 is 7.60 Å². The van der Waals surface area contributed by atoms with E-state index in [1.165, 1.54) is 12.8 Å². The lowest BCUT2D eigenvalue weighted by Crippen LogP contribution is -2.38. The molecular weight excluding hydrogens is 529 g/mol. The Bertz CT molecular complexity index is 1070. The van der Waals surface area contributed by atoms with E-state index in [1.54, 1.807) is 7.11 Å². The van der Waals surface area contributed by atoms with Crippen molar-refractivity contribution in [3.8, 4) is 5.75 Å². The number of ether oxygens (including phenoxy) is 1. The lowest BCUT2D eigenvalue weighted by atomic mass is 9.75. The van der Waals surface area contributed by atoms with Gasteiger partial charge in [-0.3, -0.25) is 9.88 Å². The minimum absolute atomic E-state index is 0.0950. The number of methoxy groups -OCH3 is 1. The molecule has 2 saturated carbocycles. The molecule has 0 unspecified atom stereocenters. The van der Waals surface area contributed by atoms with E-state index in [9.17, 15) is 0 Å². The summed E-state index contributed by atoms with van der Waals surface area (Å²) in [6.45, 7) is 14.3. The van der Waals surface area contributed by atoms with Crippen molar-refractivity contribution in [2.24, 2.45) is 35.5 Å². The summed E-state index contributed by atoms with van der Waals surface area (Å²) in [6.07, 6.45) is 6.23. The highest BCUT2D eigenvalue weighted by atomic mass is 31.2. The smallest absolute Gasteiger partial charge is 0.352 e. The molecule has 6 heteroatoms. The Morgan fingerprint density at radius 2 is 1.29 bits per heavy atom. The van der Waals surface area contributed by atoms with Crippen LogP contribution in [0.2, 0.25) is 0 Å². The maximum Gasteiger partial charge on any atom is 0.352 e. The molecule has 0 saturated heterocycles. The monoisotopic (exact) mass is 583 g/mol. The van der Waals surface area contributed by atoms with Crippen LogP contribution in [0.4, 0.5) is 0 Å². The molecule has 0 radical (unpaired) electrons. The quantitative estimate of drug-likeness (QED) is 0.252. The fourth-order valence-corrected chi connectivity index (χ4v) is 9.39. The van der Waals surface area contributed by atoms with E-state index in [0.29, 0.717) is 42.1 Å². The Labute approximate surface area is 249 Å². The van der Waals surface area contributed by atoms with Gasteiger partial charge in [0, 0.05) is 6.54 Å². The number of benzene rings is 2. The fraction of sp³-hybridized carbons (Fsp3) is 0.657. The molecule has 2 aromatic carbocycles. The van der Waals surface area contributed by atoms with E-state index in [2.05, 4.69) is 59.0 Å². The Balaban J connectivity index is 1.76. The van der Waals surface area contributed by atoms with Gasteiger partial charge in [-0.15, -0.1) is 0 Å². The summed E-state index contributed by atoms with van der Waals surface area (Å²) in [4.78, 5) is 0. The Morgan fingerprint density at radius 3 is 1.76 bits per heavy atom. The van der Waals surface area contributed by atoms with Gasteiger partial charge in [-0.1, -0.05) is 96.8 Å². The number of hydrogen-bond donors (Lipinski definition) is 1. The predicted octanol–water partition coefficient (Wildman–Crippen LogP) is 9.63. The van der Waals surface area contributed by atoms with Crippen molar-refractivity contribution in [1.29, 1.82) is 0 Å². The van der Waals surface area contributed by atoms with E-state index in [1.807, 2.05) is 42.5 Å². The summed E-state index contributed by atoms with van der Waals surface area (Å²) in [7, 11) is -2.04. The second-order valence-corrected chi connectivity index (χ2v) is 15.5. The number of rotatable bonds is 12. The topological polar surface area (TPSA) is 56.8 Å². The predicted molar refractivity (Wildman–Crippen MR) is 169 cm³/mol. The maximum absolute atomic E-state index is 15.6. The van der Waals surface area contributed by atoms with Crippen molar-refractivity contribution in [2.45, 2.75) is 105 Å². The van der Waals surface area contributed by atoms with Gasteiger partial charge in [-0.05, 0) is 84.5 Å². The standard InChI is InChI=1S/C35H54NO4P/c1-24(2)31-19-13-26(5)21-33(31)39-41(37,40-34-22-27(6)14-20-32(34)25(3)4)35(29-15-17-30(38-7)18-16-29)36-23-28-11-9-8-10-12-28/h8-12,15-18,24-27,31-36H,13-14,19-23H2,1-7H3/t26-,27-,31-,32-,33-,34-,35-/m1/s1. The van der Waals surface area contributed by atoms with Crippen LogP contribution in [-0.4, -0.2) is 19.3 Å². The van der Waals surface area contributed by atoms with Crippen molar-refractivity contribution in [2.75, 3.05) is 7.11 Å². The first-order valence-corrected chi connectivity index (χ1v) is 17.6. The average molecular weight is 584 g/mol. The number of hydrogen-bond acceptors (Lipinski definition) is 5. The van der Waals surface area contributed by atoms with E-state index in [-0.39, 0.29) is 12.2 Å². The molecule has 2 aromatic rings. The second kappa shape index (κ2) is 14.7. The van der Waals surface area contributed by atoms with Crippen LogP contribution in [-0.2, 0) is 20.2 Å². The van der Waals surface area contributed by atoms with Crippen LogP contribution in [0, 0.1) is 35.5 Å². The van der Waals surface area contributed by atoms with Gasteiger partial charge in [-0.2, -0.15) is 0 Å². The Hall–Kier alpha value is -1.65. The summed E-state index contributed by atoms with van der Waals surface area (Å²) in [5.74, 6) is 2.89. The van der Waals surface area contributed by atoms with Crippen LogP contribution in [0.3, 0.4) is 0 Å². The molecule has 0 heterocycles. The summed E-state index contributed by atoms with van der Waals surface area (Å²) in [6, 6.07) is 18.2. The highest BCUT2D eigenvalue weighted by Crippen LogP contribution is 2.64. The lowest BCUT2D eigenvalue weighted by molar-refractivity contribution is -0.00694. The summed E-state index contributed by atoms with van der Waals surface area (Å²) in [5.41, 5.74) is 2.04. The van der Waals surface area contributed by atoms with Crippen LogP contribution in [0.5, 0.6) is 5.75 Å². The SMILES string of the molecule is COc1ccc([C@H](NCc2ccccc2)P(=O)(O[C@@H]2C[C@H](C)CC[C@@H]2C(C)C)O[C@@H]2C[C@H](C)CC[C@@H]2C(C)C)cc1. The molecule has 4 rings (SSSR count). The molecule has 0 aliphatic heterocycles. The van der Waals surface area contributed by atoms with Crippen LogP contribution in [0.1, 0.15) is 97.0 Å². The van der Waals surface area contributed by atoms with Crippen molar-refractivity contribution in [3.63, 3.8) is 0 Å². The largest absolute Gasteiger partial charge is 0.497 e. The Morgan fingerprint density at radius 1 is 0.780 bits per heavy atom. The van der Waals surface area contributed by atoms with Crippen LogP contribution < -0.4 is 10.1 Å². The van der Waals surface area contributed by atoms with Crippen molar-refractivity contribution >= 4 is 7.60 Å². The third-order valence-electron chi connectivity index (χ3n) is 9.58. The van der Waals surface area contributed by atoms with Crippen molar-refractivity contribution in [1.82, 2.24) is 5.32 Å². The second-order valence-electron chi connectivity index (χ2n) is 13.5. The molecule has 0 bridgehead atoms. The Kier molecular flexibility index (Phi) is 11.6. The minimum atomic E-state index is -3.71. The van der Waals surface area contributed by atoms with E-state index < -0.39 is 13.4 Å². The molecule has 0 amide bonds. The summed E-state index contributed by atoms with van der Waals surface area (Å²) in [5, 5.41) is 3.67. The van der Waals surface area contributed by atoms with Crippen molar-refractivity contribution in [3.05, 3.63) is 65.7 Å². The van der Waals surface area contributed by atoms with E-state index >= 15 is 4.57 Å². The number of nitrogens with one attached hydrogen (secondary N) is 1. The first kappa shape index (κ1) is 32.3. The van der Waals surface area contributed by atoms with Crippen LogP contribution in [0.25, 0.3) is 0 Å². The molecular formula is C35H54NO4P. The molecule has 0 spiro atoms. The third-order valence-corrected chi connectivity index (χ3v) is 11.8. The van der Waals surface area contributed by atoms with Gasteiger partial charge in [0.1, 0.15) is 11.5 Å². The van der Waals surface area contributed by atoms with Gasteiger partial charge in [0.25, 0.3) is 0 Å². The van der Waals surface area contributed by atoms with Gasteiger partial charge in [0.15, 0.2) is 0 Å². The first-order chi connectivity index (χ1) is 19.6. The lowest BCUT2D eigenvalue weighted by Gasteiger charge is -2.43. The molecule has 228 valence electrons. The fourth-order valence-electron chi connectivity index (χ4n) is 7.00. The molecule has 2 fully saturated rings. The van der Waals surface area contributed by atoms with E-state index in [4.69, 9.17) is 13.8 Å². The molecule has 41 heavy (non-hydrogen) atoms. The zero-order valence-electron chi connectivity index (χ0n) is 26.4. The molecule has 0 aromatic heterocycles. The zero-order chi connectivity index (χ0) is 29.6. The molecule has 7 atom stereocenters. The maximum atomic E-state index is 15.6. The molecule has 1 N–H and O–H groups in total. The first-order valence-electron chi connectivity index (χ1n) is 16.0. The normalized spacial score (nSPS) is 28.1. The molecule has 5 nitrogen and oxygen atoms in total. The third kappa shape index (κ3) is 8.47. The highest BCUT2D eigenvalue weighted by Gasteiger charge is 2.46. The van der Waals surface area contributed by atoms with Crippen molar-refractivity contribution < 1.29 is 18.3 Å². The summed E-state index contributed by atoms with van der Waals surface area (Å²) < 4.78 is 35.1. The highest BCUT2D eigenvalue weighted by molar-refractivity contribution is 7.54. The van der Waals surface area contributed by atoms with Gasteiger partial charge in [0.2, 0.25) is 0 Å². The summed E-state index contributed by atoms with van der Waals surface area (Å²) >= 11 is 0. The molecule has 2 aliphatic rings. The molecule has 2 aliphatic carbocycles. The van der Waals surface area contributed by atoms with E-state index in [0.717, 1.165) is 42.6 Å². The van der Waals surface area contributed by atoms with Crippen LogP contribution >= 0.6 is 7.60 Å². The van der Waals surface area contributed by atoms with Gasteiger partial charge in [-0.25, -0.2) is 0 Å². The van der Waals surface area contributed by atoms with Crippen LogP contribution in [0.15, 0.2) is 54.6 Å². The average Bonchev–Trinajstić information content (AvgIpc) is 2.93. The minimum Gasteiger partial charge on any atom is -0.497 e. The van der Waals surface area contributed by atoms with Gasteiger partial charge < -0.3 is 13.8 Å². The van der Waals surface area contributed by atoms with Gasteiger partial charge in [0.05, 0.1) is 19.3 Å². The zero-order valence-corrected chi connectivity index (χ0v) is 27.3.